The first-order chi connectivity index (χ1) is 13.0. The first-order valence-corrected chi connectivity index (χ1v) is 9.31. The topological polar surface area (TPSA) is 85.8 Å². The standard InChI is InChI=1S/C18H16N2O5S2/c1-24-10-4-9-19-17(21)16(27-18(19)26)11-12-7-8-15(25-12)13-5-2-3-6-14(13)20(22)23/h2-3,5-8,11H,4,9-10H2,1H3/b16-11+. The molecule has 0 saturated carbocycles. The fraction of sp³-hybridized carbons (Fsp3) is 0.222. The minimum Gasteiger partial charge on any atom is -0.456 e. The number of hydrogen-bond donors (Lipinski definition) is 0. The lowest BCUT2D eigenvalue weighted by molar-refractivity contribution is -0.384. The van der Waals surface area contributed by atoms with E-state index in [-0.39, 0.29) is 11.6 Å². The van der Waals surface area contributed by atoms with Gasteiger partial charge in [-0.2, -0.15) is 0 Å². The maximum Gasteiger partial charge on any atom is 0.280 e. The largest absolute Gasteiger partial charge is 0.456 e. The fourth-order valence-electron chi connectivity index (χ4n) is 2.61. The molecule has 1 saturated heterocycles. The smallest absolute Gasteiger partial charge is 0.280 e. The predicted molar refractivity (Wildman–Crippen MR) is 107 cm³/mol. The maximum atomic E-state index is 12.5. The molecule has 0 atom stereocenters. The number of nitro groups is 1. The van der Waals surface area contributed by atoms with Gasteiger partial charge in [0.25, 0.3) is 11.6 Å². The summed E-state index contributed by atoms with van der Waals surface area (Å²) in [5, 5.41) is 11.2. The molecule has 2 heterocycles. The van der Waals surface area contributed by atoms with Crippen molar-refractivity contribution in [2.75, 3.05) is 20.3 Å². The number of rotatable bonds is 7. The lowest BCUT2D eigenvalue weighted by atomic mass is 10.1. The molecule has 27 heavy (non-hydrogen) atoms. The molecule has 0 unspecified atom stereocenters. The Morgan fingerprint density at radius 1 is 1.33 bits per heavy atom. The molecule has 0 spiro atoms. The summed E-state index contributed by atoms with van der Waals surface area (Å²) in [5.41, 5.74) is 0.345. The van der Waals surface area contributed by atoms with E-state index in [9.17, 15) is 14.9 Å². The summed E-state index contributed by atoms with van der Waals surface area (Å²) in [6.07, 6.45) is 2.30. The molecule has 0 bridgehead atoms. The van der Waals surface area contributed by atoms with E-state index in [4.69, 9.17) is 21.4 Å². The molecular weight excluding hydrogens is 388 g/mol. The molecule has 1 aromatic heterocycles. The van der Waals surface area contributed by atoms with Gasteiger partial charge in [0.05, 0.1) is 15.4 Å². The summed E-state index contributed by atoms with van der Waals surface area (Å²) in [4.78, 5) is 25.2. The van der Waals surface area contributed by atoms with E-state index in [0.29, 0.717) is 45.9 Å². The third-order valence-electron chi connectivity index (χ3n) is 3.87. The molecule has 1 aromatic carbocycles. The number of nitro benzene ring substituents is 1. The Hall–Kier alpha value is -2.49. The molecule has 1 fully saturated rings. The van der Waals surface area contributed by atoms with Crippen molar-refractivity contribution < 1.29 is 18.9 Å². The minimum atomic E-state index is -0.456. The van der Waals surface area contributed by atoms with E-state index in [1.165, 1.54) is 22.7 Å². The predicted octanol–water partition coefficient (Wildman–Crippen LogP) is 4.09. The number of hydrogen-bond acceptors (Lipinski definition) is 7. The molecule has 9 heteroatoms. The zero-order valence-electron chi connectivity index (χ0n) is 14.4. The number of amides is 1. The van der Waals surface area contributed by atoms with Crippen molar-refractivity contribution in [2.24, 2.45) is 0 Å². The van der Waals surface area contributed by atoms with Crippen LogP contribution in [-0.2, 0) is 9.53 Å². The summed E-state index contributed by atoms with van der Waals surface area (Å²) in [6.45, 7) is 1.04. The monoisotopic (exact) mass is 404 g/mol. The van der Waals surface area contributed by atoms with E-state index in [1.807, 2.05) is 0 Å². The highest BCUT2D eigenvalue weighted by molar-refractivity contribution is 8.26. The van der Waals surface area contributed by atoms with Gasteiger partial charge < -0.3 is 9.15 Å². The number of thiocarbonyl (C=S) groups is 1. The van der Waals surface area contributed by atoms with Gasteiger partial charge in [0, 0.05) is 32.4 Å². The van der Waals surface area contributed by atoms with E-state index in [1.54, 1.807) is 43.5 Å². The molecule has 1 aliphatic heterocycles. The molecule has 1 amide bonds. The van der Waals surface area contributed by atoms with E-state index >= 15 is 0 Å². The van der Waals surface area contributed by atoms with Crippen molar-refractivity contribution >= 4 is 46.0 Å². The van der Waals surface area contributed by atoms with Gasteiger partial charge in [-0.1, -0.05) is 36.1 Å². The summed E-state index contributed by atoms with van der Waals surface area (Å²) in [5.74, 6) is 0.620. The number of benzene rings is 1. The fourth-order valence-corrected chi connectivity index (χ4v) is 3.89. The Labute approximate surface area is 165 Å². The van der Waals surface area contributed by atoms with Gasteiger partial charge in [-0.15, -0.1) is 0 Å². The lowest BCUT2D eigenvalue weighted by Gasteiger charge is -2.13. The number of carbonyl (C=O) groups is 1. The average Bonchev–Trinajstić information content (AvgIpc) is 3.22. The highest BCUT2D eigenvalue weighted by atomic mass is 32.2. The van der Waals surface area contributed by atoms with Crippen LogP contribution in [0.4, 0.5) is 5.69 Å². The minimum absolute atomic E-state index is 0.0390. The number of furan rings is 1. The van der Waals surface area contributed by atoms with E-state index in [0.717, 1.165) is 0 Å². The summed E-state index contributed by atoms with van der Waals surface area (Å²) >= 11 is 6.48. The Bertz CT molecular complexity index is 922. The first-order valence-electron chi connectivity index (χ1n) is 8.09. The van der Waals surface area contributed by atoms with Gasteiger partial charge in [-0.25, -0.2) is 0 Å². The van der Waals surface area contributed by atoms with Crippen molar-refractivity contribution in [1.82, 2.24) is 4.90 Å². The Kier molecular flexibility index (Phi) is 6.04. The van der Waals surface area contributed by atoms with Crippen LogP contribution in [0.3, 0.4) is 0 Å². The van der Waals surface area contributed by atoms with E-state index in [2.05, 4.69) is 0 Å². The van der Waals surface area contributed by atoms with Gasteiger partial charge in [0.2, 0.25) is 0 Å². The molecule has 2 aromatic rings. The zero-order valence-corrected chi connectivity index (χ0v) is 16.0. The summed E-state index contributed by atoms with van der Waals surface area (Å²) in [6, 6.07) is 9.66. The van der Waals surface area contributed by atoms with Gasteiger partial charge in [-0.05, 0) is 24.6 Å². The number of thioether (sulfide) groups is 1. The van der Waals surface area contributed by atoms with Crippen molar-refractivity contribution in [1.29, 1.82) is 0 Å². The first kappa shape index (κ1) is 19.3. The van der Waals surface area contributed by atoms with Gasteiger partial charge in [0.1, 0.15) is 15.8 Å². The second kappa shape index (κ2) is 8.47. The molecular formula is C18H16N2O5S2. The molecule has 0 radical (unpaired) electrons. The summed E-state index contributed by atoms with van der Waals surface area (Å²) in [7, 11) is 1.61. The average molecular weight is 404 g/mol. The molecule has 7 nitrogen and oxygen atoms in total. The maximum absolute atomic E-state index is 12.5. The van der Waals surface area contributed by atoms with Gasteiger partial charge >= 0.3 is 0 Å². The molecule has 3 rings (SSSR count). The number of carbonyl (C=O) groups excluding carboxylic acids is 1. The number of methoxy groups -OCH3 is 1. The zero-order chi connectivity index (χ0) is 19.4. The van der Waals surface area contributed by atoms with Crippen LogP contribution < -0.4 is 0 Å². The highest BCUT2D eigenvalue weighted by Gasteiger charge is 2.31. The Balaban J connectivity index is 1.81. The van der Waals surface area contributed by atoms with Crippen molar-refractivity contribution in [3.63, 3.8) is 0 Å². The number of nitrogens with zero attached hydrogens (tertiary/aromatic N) is 2. The second-order valence-corrected chi connectivity index (χ2v) is 7.33. The Morgan fingerprint density at radius 2 is 2.11 bits per heavy atom. The van der Waals surface area contributed by atoms with Crippen LogP contribution in [0.1, 0.15) is 12.2 Å². The Morgan fingerprint density at radius 3 is 2.85 bits per heavy atom. The molecule has 0 N–H and O–H groups in total. The summed E-state index contributed by atoms with van der Waals surface area (Å²) < 4.78 is 11.2. The van der Waals surface area contributed by atoms with E-state index < -0.39 is 4.92 Å². The third-order valence-corrected chi connectivity index (χ3v) is 5.25. The SMILES string of the molecule is COCCCN1C(=O)/C(=C\c2ccc(-c3ccccc3[N+](=O)[O-])o2)SC1=S. The van der Waals surface area contributed by atoms with Gasteiger partial charge in [0.15, 0.2) is 0 Å². The normalized spacial score (nSPS) is 15.7. The van der Waals surface area contributed by atoms with Crippen LogP contribution in [0.15, 0.2) is 45.7 Å². The quantitative estimate of drug-likeness (QED) is 0.226. The van der Waals surface area contributed by atoms with Crippen LogP contribution in [0.5, 0.6) is 0 Å². The van der Waals surface area contributed by atoms with Crippen molar-refractivity contribution in [2.45, 2.75) is 6.42 Å². The van der Waals surface area contributed by atoms with Crippen LogP contribution in [0, 0.1) is 10.1 Å². The second-order valence-electron chi connectivity index (χ2n) is 5.66. The number of ether oxygens (including phenoxy) is 1. The molecule has 0 aliphatic carbocycles. The third kappa shape index (κ3) is 4.26. The molecule has 1 aliphatic rings. The van der Waals surface area contributed by atoms with Gasteiger partial charge in [-0.3, -0.25) is 19.8 Å². The molecule has 140 valence electrons. The lowest BCUT2D eigenvalue weighted by Crippen LogP contribution is -2.29. The van der Waals surface area contributed by atoms with Crippen LogP contribution >= 0.6 is 24.0 Å². The van der Waals surface area contributed by atoms with Crippen LogP contribution in [0.2, 0.25) is 0 Å². The van der Waals surface area contributed by atoms with Crippen molar-refractivity contribution in [3.05, 3.63) is 57.2 Å². The highest BCUT2D eigenvalue weighted by Crippen LogP contribution is 2.35. The van der Waals surface area contributed by atoms with Crippen molar-refractivity contribution in [3.8, 4) is 11.3 Å². The van der Waals surface area contributed by atoms with Crippen LogP contribution in [-0.4, -0.2) is 40.3 Å². The number of para-hydroxylation sites is 1. The van der Waals surface area contributed by atoms with Crippen LogP contribution in [0.25, 0.3) is 17.4 Å².